The summed E-state index contributed by atoms with van der Waals surface area (Å²) in [6.45, 7) is 3.65. The highest BCUT2D eigenvalue weighted by molar-refractivity contribution is 7.80. The van der Waals surface area contributed by atoms with Gasteiger partial charge in [-0.25, -0.2) is 4.79 Å². The van der Waals surface area contributed by atoms with E-state index < -0.39 is 35.9 Å². The van der Waals surface area contributed by atoms with Crippen molar-refractivity contribution in [3.05, 3.63) is 29.8 Å². The van der Waals surface area contributed by atoms with Crippen LogP contribution in [0.2, 0.25) is 0 Å². The summed E-state index contributed by atoms with van der Waals surface area (Å²) >= 11 is 3.92. The third kappa shape index (κ3) is 7.10. The Kier molecular flexibility index (Phi) is 9.10. The van der Waals surface area contributed by atoms with Gasteiger partial charge < -0.3 is 26.6 Å². The molecule has 27 heavy (non-hydrogen) atoms. The van der Waals surface area contributed by atoms with Gasteiger partial charge in [-0.3, -0.25) is 9.59 Å². The Morgan fingerprint density at radius 3 is 2.22 bits per heavy atom. The normalized spacial score (nSPS) is 15.3. The van der Waals surface area contributed by atoms with E-state index in [2.05, 4.69) is 23.3 Å². The Hall–Kier alpha value is -2.26. The van der Waals surface area contributed by atoms with E-state index >= 15 is 0 Å². The molecule has 1 aromatic carbocycles. The number of aliphatic carboxylic acids is 1. The Bertz CT molecular complexity index is 653. The molecule has 0 bridgehead atoms. The predicted molar refractivity (Wildman–Crippen MR) is 105 cm³/mol. The second kappa shape index (κ2) is 10.8. The lowest BCUT2D eigenvalue weighted by atomic mass is 9.97. The topological polar surface area (TPSA) is 142 Å². The monoisotopic (exact) mass is 397 g/mol. The zero-order chi connectivity index (χ0) is 20.6. The summed E-state index contributed by atoms with van der Waals surface area (Å²) in [7, 11) is 0. The number of thiol groups is 1. The maximum Gasteiger partial charge on any atom is 0.327 e. The molecular weight excluding hydrogens is 370 g/mol. The quantitative estimate of drug-likeness (QED) is 0.314. The third-order valence-electron chi connectivity index (χ3n) is 4.32. The molecule has 1 rings (SSSR count). The van der Waals surface area contributed by atoms with Crippen molar-refractivity contribution in [1.29, 1.82) is 0 Å². The van der Waals surface area contributed by atoms with E-state index in [1.807, 2.05) is 6.92 Å². The summed E-state index contributed by atoms with van der Waals surface area (Å²) in [6.07, 6.45) is 0.833. The van der Waals surface area contributed by atoms with Crippen molar-refractivity contribution < 1.29 is 24.6 Å². The molecule has 1 aromatic rings. The van der Waals surface area contributed by atoms with Crippen LogP contribution in [0.25, 0.3) is 0 Å². The summed E-state index contributed by atoms with van der Waals surface area (Å²) in [5, 5.41) is 23.4. The van der Waals surface area contributed by atoms with E-state index in [4.69, 9.17) is 10.8 Å². The molecule has 4 atom stereocenters. The lowest BCUT2D eigenvalue weighted by Crippen LogP contribution is -2.57. The van der Waals surface area contributed by atoms with Gasteiger partial charge in [-0.2, -0.15) is 12.6 Å². The molecule has 6 N–H and O–H groups in total. The highest BCUT2D eigenvalue weighted by Gasteiger charge is 2.30. The molecule has 0 radical (unpaired) electrons. The van der Waals surface area contributed by atoms with Gasteiger partial charge in [0.25, 0.3) is 0 Å². The number of hydrogen-bond donors (Lipinski definition) is 6. The molecule has 0 aliphatic rings. The van der Waals surface area contributed by atoms with Crippen molar-refractivity contribution in [2.24, 2.45) is 11.7 Å². The van der Waals surface area contributed by atoms with Gasteiger partial charge in [0.2, 0.25) is 11.8 Å². The Balaban J connectivity index is 2.79. The van der Waals surface area contributed by atoms with Crippen LogP contribution >= 0.6 is 12.6 Å². The number of aromatic hydroxyl groups is 1. The molecule has 0 aliphatic heterocycles. The molecular formula is C18H27N3O5S. The molecule has 0 spiro atoms. The average molecular weight is 397 g/mol. The number of nitrogens with one attached hydrogen (secondary N) is 2. The van der Waals surface area contributed by atoms with Crippen LogP contribution in [0.1, 0.15) is 25.8 Å². The van der Waals surface area contributed by atoms with Crippen LogP contribution in [0.15, 0.2) is 24.3 Å². The van der Waals surface area contributed by atoms with Crippen molar-refractivity contribution >= 4 is 30.4 Å². The largest absolute Gasteiger partial charge is 0.508 e. The summed E-state index contributed by atoms with van der Waals surface area (Å²) in [6, 6.07) is 3.37. The summed E-state index contributed by atoms with van der Waals surface area (Å²) in [5.41, 5.74) is 6.71. The second-order valence-electron chi connectivity index (χ2n) is 6.43. The van der Waals surface area contributed by atoms with E-state index in [0.717, 1.165) is 5.56 Å². The first kappa shape index (κ1) is 22.8. The number of carbonyl (C=O) groups excluding carboxylic acids is 2. The molecule has 0 saturated carbocycles. The number of carboxylic acid groups (broad SMARTS) is 1. The molecule has 2 amide bonds. The van der Waals surface area contributed by atoms with Crippen molar-refractivity contribution in [3.63, 3.8) is 0 Å². The minimum Gasteiger partial charge on any atom is -0.508 e. The highest BCUT2D eigenvalue weighted by atomic mass is 32.1. The fourth-order valence-electron chi connectivity index (χ4n) is 2.39. The summed E-state index contributed by atoms with van der Waals surface area (Å²) in [5.74, 6) is -2.47. The zero-order valence-corrected chi connectivity index (χ0v) is 16.3. The number of rotatable bonds is 10. The van der Waals surface area contributed by atoms with E-state index in [0.29, 0.717) is 6.42 Å². The molecule has 8 nitrogen and oxygen atoms in total. The first-order chi connectivity index (χ1) is 12.7. The molecule has 9 heteroatoms. The fourth-order valence-corrected chi connectivity index (χ4v) is 2.64. The van der Waals surface area contributed by atoms with Crippen molar-refractivity contribution in [2.45, 2.75) is 44.8 Å². The van der Waals surface area contributed by atoms with Gasteiger partial charge >= 0.3 is 5.97 Å². The van der Waals surface area contributed by atoms with Crippen molar-refractivity contribution in [1.82, 2.24) is 10.6 Å². The highest BCUT2D eigenvalue weighted by Crippen LogP contribution is 2.12. The van der Waals surface area contributed by atoms with Crippen LogP contribution in [-0.4, -0.2) is 51.9 Å². The maximum atomic E-state index is 12.5. The van der Waals surface area contributed by atoms with E-state index in [9.17, 15) is 19.5 Å². The second-order valence-corrected chi connectivity index (χ2v) is 6.80. The molecule has 150 valence electrons. The van der Waals surface area contributed by atoms with E-state index in [1.165, 1.54) is 12.1 Å². The predicted octanol–water partition coefficient (Wildman–Crippen LogP) is 0.292. The number of hydrogen-bond acceptors (Lipinski definition) is 6. The number of nitrogens with two attached hydrogens (primary N) is 1. The van der Waals surface area contributed by atoms with Gasteiger partial charge in [0.05, 0.1) is 6.04 Å². The number of phenolic OH excluding ortho intramolecular Hbond substituents is 1. The van der Waals surface area contributed by atoms with E-state index in [1.54, 1.807) is 19.1 Å². The fraction of sp³-hybridized carbons (Fsp3) is 0.500. The first-order valence-corrected chi connectivity index (χ1v) is 9.30. The Labute approximate surface area is 163 Å². The molecule has 4 unspecified atom stereocenters. The van der Waals surface area contributed by atoms with Gasteiger partial charge in [0, 0.05) is 5.75 Å². The lowest BCUT2D eigenvalue weighted by Gasteiger charge is -2.26. The van der Waals surface area contributed by atoms with Gasteiger partial charge in [0.15, 0.2) is 0 Å². The van der Waals surface area contributed by atoms with Gasteiger partial charge in [-0.1, -0.05) is 32.4 Å². The SMILES string of the molecule is CCC(C)C(NC(=O)C(N)Cc1ccc(O)cc1)C(=O)NC(CS)C(=O)O. The molecule has 0 aliphatic carbocycles. The van der Waals surface area contributed by atoms with Crippen LogP contribution < -0.4 is 16.4 Å². The van der Waals surface area contributed by atoms with Crippen LogP contribution in [0.3, 0.4) is 0 Å². The minimum absolute atomic E-state index is 0.0669. The zero-order valence-electron chi connectivity index (χ0n) is 15.4. The van der Waals surface area contributed by atoms with Crippen LogP contribution in [0.5, 0.6) is 5.75 Å². The number of amides is 2. The first-order valence-electron chi connectivity index (χ1n) is 8.67. The summed E-state index contributed by atoms with van der Waals surface area (Å²) < 4.78 is 0. The Morgan fingerprint density at radius 1 is 1.15 bits per heavy atom. The number of phenols is 1. The Morgan fingerprint density at radius 2 is 1.74 bits per heavy atom. The van der Waals surface area contributed by atoms with E-state index in [-0.39, 0.29) is 23.8 Å². The van der Waals surface area contributed by atoms with Crippen LogP contribution in [-0.2, 0) is 20.8 Å². The average Bonchev–Trinajstić information content (AvgIpc) is 2.64. The van der Waals surface area contributed by atoms with Gasteiger partial charge in [-0.05, 0) is 30.0 Å². The maximum absolute atomic E-state index is 12.5. The lowest BCUT2D eigenvalue weighted by molar-refractivity contribution is -0.141. The molecule has 0 heterocycles. The number of benzene rings is 1. The molecule has 0 saturated heterocycles. The summed E-state index contributed by atoms with van der Waals surface area (Å²) in [4.78, 5) is 36.0. The smallest absolute Gasteiger partial charge is 0.327 e. The van der Waals surface area contributed by atoms with Crippen molar-refractivity contribution in [3.8, 4) is 5.75 Å². The van der Waals surface area contributed by atoms with Crippen molar-refractivity contribution in [2.75, 3.05) is 5.75 Å². The standard InChI is InChI=1S/C18H27N3O5S/c1-3-10(2)15(17(24)20-14(9-27)18(25)26)21-16(23)13(19)8-11-4-6-12(22)7-5-11/h4-7,10,13-15,22,27H,3,8-9,19H2,1-2H3,(H,20,24)(H,21,23)(H,25,26). The number of carbonyl (C=O) groups is 3. The molecule has 0 aromatic heterocycles. The number of carboxylic acids is 1. The van der Waals surface area contributed by atoms with Gasteiger partial charge in [0.1, 0.15) is 17.8 Å². The minimum atomic E-state index is -1.20. The van der Waals surface area contributed by atoms with Crippen LogP contribution in [0, 0.1) is 5.92 Å². The van der Waals surface area contributed by atoms with Crippen LogP contribution in [0.4, 0.5) is 0 Å². The third-order valence-corrected chi connectivity index (χ3v) is 4.68. The molecule has 0 fully saturated rings. The van der Waals surface area contributed by atoms with Gasteiger partial charge in [-0.15, -0.1) is 0 Å².